The van der Waals surface area contributed by atoms with Crippen molar-refractivity contribution in [1.29, 1.82) is 0 Å². The third-order valence-corrected chi connectivity index (χ3v) is 2.48. The van der Waals surface area contributed by atoms with Gasteiger partial charge in [0.15, 0.2) is 11.6 Å². The Morgan fingerprint density at radius 1 is 1.35 bits per heavy atom. The molecule has 1 aromatic carbocycles. The van der Waals surface area contributed by atoms with E-state index in [4.69, 9.17) is 16.3 Å². The van der Waals surface area contributed by atoms with E-state index in [0.717, 1.165) is 0 Å². The van der Waals surface area contributed by atoms with Gasteiger partial charge in [-0.1, -0.05) is 0 Å². The topological polar surface area (TPSA) is 78.2 Å². The number of benzene rings is 1. The summed E-state index contributed by atoms with van der Waals surface area (Å²) in [6.45, 7) is 1.57. The van der Waals surface area contributed by atoms with Crippen molar-refractivity contribution in [3.8, 4) is 11.6 Å². The summed E-state index contributed by atoms with van der Waals surface area (Å²) in [7, 11) is 0. The van der Waals surface area contributed by atoms with Gasteiger partial charge >= 0.3 is 5.69 Å². The maximum Gasteiger partial charge on any atom is 0.307 e. The van der Waals surface area contributed by atoms with Crippen molar-refractivity contribution in [3.63, 3.8) is 0 Å². The molecular weight excluding hydrogens is 296 g/mol. The van der Waals surface area contributed by atoms with Gasteiger partial charge in [-0.2, -0.15) is 9.37 Å². The second kappa shape index (κ2) is 5.33. The first-order chi connectivity index (χ1) is 9.38. The van der Waals surface area contributed by atoms with Crippen LogP contribution in [0, 0.1) is 28.7 Å². The Labute approximate surface area is 116 Å². The van der Waals surface area contributed by atoms with Crippen LogP contribution in [0.5, 0.6) is 11.6 Å². The molecule has 2 rings (SSSR count). The quantitative estimate of drug-likeness (QED) is 0.493. The highest BCUT2D eigenvalue weighted by molar-refractivity contribution is 6.28. The number of nitro benzene ring substituents is 1. The van der Waals surface area contributed by atoms with Crippen LogP contribution in [0.3, 0.4) is 0 Å². The molecule has 0 amide bonds. The Balaban J connectivity index is 2.42. The lowest BCUT2D eigenvalue weighted by molar-refractivity contribution is -0.387. The van der Waals surface area contributed by atoms with Crippen molar-refractivity contribution in [2.45, 2.75) is 6.92 Å². The number of halogens is 3. The van der Waals surface area contributed by atoms with Crippen molar-refractivity contribution < 1.29 is 18.4 Å². The lowest BCUT2D eigenvalue weighted by atomic mass is 10.2. The molecule has 0 saturated heterocycles. The van der Waals surface area contributed by atoms with Gasteiger partial charge in [0.2, 0.25) is 17.0 Å². The molecule has 20 heavy (non-hydrogen) atoms. The van der Waals surface area contributed by atoms with E-state index < -0.39 is 28.0 Å². The van der Waals surface area contributed by atoms with Crippen molar-refractivity contribution >= 4 is 17.3 Å². The summed E-state index contributed by atoms with van der Waals surface area (Å²) >= 11 is 5.56. The van der Waals surface area contributed by atoms with Crippen molar-refractivity contribution in [3.05, 3.63) is 50.9 Å². The summed E-state index contributed by atoms with van der Waals surface area (Å²) in [5, 5.41) is 10.3. The van der Waals surface area contributed by atoms with Gasteiger partial charge in [0, 0.05) is 17.8 Å². The van der Waals surface area contributed by atoms with E-state index in [-0.39, 0.29) is 11.2 Å². The molecule has 1 aromatic heterocycles. The summed E-state index contributed by atoms with van der Waals surface area (Å²) in [6.07, 6.45) is 1.34. The zero-order chi connectivity index (χ0) is 14.9. The molecule has 1 heterocycles. The number of hydrogen-bond acceptors (Lipinski definition) is 5. The van der Waals surface area contributed by atoms with Gasteiger partial charge in [0.05, 0.1) is 11.0 Å². The predicted molar refractivity (Wildman–Crippen MR) is 64.9 cm³/mol. The SMILES string of the molecule is Cc1cnc(Cl)nc1Oc1cc(F)c([N+](=O)[O-])cc1F. The maximum absolute atomic E-state index is 13.6. The average molecular weight is 302 g/mol. The molecule has 104 valence electrons. The first-order valence-corrected chi connectivity index (χ1v) is 5.56. The van der Waals surface area contributed by atoms with Crippen molar-refractivity contribution in [2.75, 3.05) is 0 Å². The maximum atomic E-state index is 13.6. The Bertz CT molecular complexity index is 697. The van der Waals surface area contributed by atoms with E-state index in [1.165, 1.54) is 6.20 Å². The number of aryl methyl sites for hydroxylation is 1. The Morgan fingerprint density at radius 3 is 2.70 bits per heavy atom. The molecule has 0 N–H and O–H groups in total. The minimum atomic E-state index is -1.22. The minimum Gasteiger partial charge on any atom is -0.435 e. The molecule has 2 aromatic rings. The largest absolute Gasteiger partial charge is 0.435 e. The predicted octanol–water partition coefficient (Wildman–Crippen LogP) is 3.42. The number of ether oxygens (including phenoxy) is 1. The van der Waals surface area contributed by atoms with Crippen molar-refractivity contribution in [1.82, 2.24) is 9.97 Å². The summed E-state index contributed by atoms with van der Waals surface area (Å²) < 4.78 is 32.1. The highest BCUT2D eigenvalue weighted by Crippen LogP contribution is 2.30. The van der Waals surface area contributed by atoms with Gasteiger partial charge in [0.25, 0.3) is 0 Å². The fourth-order valence-corrected chi connectivity index (χ4v) is 1.48. The van der Waals surface area contributed by atoms with Crippen LogP contribution < -0.4 is 4.74 Å². The van der Waals surface area contributed by atoms with Crippen LogP contribution in [0.1, 0.15) is 5.56 Å². The molecule has 0 aliphatic heterocycles. The Morgan fingerprint density at radius 2 is 2.05 bits per heavy atom. The molecule has 0 saturated carbocycles. The third kappa shape index (κ3) is 2.80. The van der Waals surface area contributed by atoms with Crippen LogP contribution in [-0.2, 0) is 0 Å². The molecule has 0 unspecified atom stereocenters. The standard InChI is InChI=1S/C11H6ClF2N3O3/c1-5-4-15-11(12)16-10(5)20-9-3-6(13)8(17(18)19)2-7(9)14/h2-4H,1H3. The van der Waals surface area contributed by atoms with Gasteiger partial charge in [-0.25, -0.2) is 9.37 Å². The monoisotopic (exact) mass is 301 g/mol. The summed E-state index contributed by atoms with van der Waals surface area (Å²) in [6, 6.07) is 1.01. The molecule has 0 aliphatic rings. The van der Waals surface area contributed by atoms with E-state index in [1.807, 2.05) is 0 Å². The zero-order valence-electron chi connectivity index (χ0n) is 9.93. The third-order valence-electron chi connectivity index (χ3n) is 2.30. The lowest BCUT2D eigenvalue weighted by Gasteiger charge is -2.08. The summed E-state index contributed by atoms with van der Waals surface area (Å²) in [5.74, 6) is -2.92. The first kappa shape index (κ1) is 14.1. The molecule has 0 radical (unpaired) electrons. The van der Waals surface area contributed by atoms with Crippen LogP contribution in [0.15, 0.2) is 18.3 Å². The molecule has 9 heteroatoms. The molecular formula is C11H6ClF2N3O3. The van der Waals surface area contributed by atoms with Gasteiger partial charge in [-0.3, -0.25) is 10.1 Å². The van der Waals surface area contributed by atoms with E-state index in [1.54, 1.807) is 6.92 Å². The fraction of sp³-hybridized carbons (Fsp3) is 0.0909. The van der Waals surface area contributed by atoms with Gasteiger partial charge in [-0.15, -0.1) is 0 Å². The Hall–Kier alpha value is -2.35. The van der Waals surface area contributed by atoms with Crippen molar-refractivity contribution in [2.24, 2.45) is 0 Å². The molecule has 0 aliphatic carbocycles. The van der Waals surface area contributed by atoms with Gasteiger partial charge < -0.3 is 4.74 Å². The summed E-state index contributed by atoms with van der Waals surface area (Å²) in [5.41, 5.74) is -0.542. The molecule has 6 nitrogen and oxygen atoms in total. The second-order valence-corrected chi connectivity index (χ2v) is 4.06. The van der Waals surface area contributed by atoms with Crippen LogP contribution in [0.2, 0.25) is 5.28 Å². The minimum absolute atomic E-state index is 0.0721. The van der Waals surface area contributed by atoms with Gasteiger partial charge in [-0.05, 0) is 18.5 Å². The molecule has 0 fully saturated rings. The molecule has 0 spiro atoms. The van der Waals surface area contributed by atoms with E-state index in [0.29, 0.717) is 17.7 Å². The number of aromatic nitrogens is 2. The number of hydrogen-bond donors (Lipinski definition) is 0. The number of rotatable bonds is 3. The average Bonchev–Trinajstić information content (AvgIpc) is 2.37. The second-order valence-electron chi connectivity index (χ2n) is 3.72. The first-order valence-electron chi connectivity index (χ1n) is 5.19. The zero-order valence-corrected chi connectivity index (χ0v) is 10.7. The van der Waals surface area contributed by atoms with E-state index in [9.17, 15) is 18.9 Å². The number of nitro groups is 1. The highest BCUT2D eigenvalue weighted by atomic mass is 35.5. The lowest BCUT2D eigenvalue weighted by Crippen LogP contribution is -1.99. The normalized spacial score (nSPS) is 10.4. The summed E-state index contributed by atoms with van der Waals surface area (Å²) in [4.78, 5) is 16.8. The fourth-order valence-electron chi connectivity index (χ4n) is 1.35. The number of nitrogens with zero attached hydrogens (tertiary/aromatic N) is 3. The molecule has 0 bridgehead atoms. The smallest absolute Gasteiger partial charge is 0.307 e. The molecule has 0 atom stereocenters. The van der Waals surface area contributed by atoms with Crippen LogP contribution in [0.25, 0.3) is 0 Å². The van der Waals surface area contributed by atoms with E-state index in [2.05, 4.69) is 9.97 Å². The van der Waals surface area contributed by atoms with E-state index >= 15 is 0 Å². The highest BCUT2D eigenvalue weighted by Gasteiger charge is 2.20. The van der Waals surface area contributed by atoms with Crippen LogP contribution in [-0.4, -0.2) is 14.9 Å². The van der Waals surface area contributed by atoms with Crippen LogP contribution in [0.4, 0.5) is 14.5 Å². The van der Waals surface area contributed by atoms with Crippen LogP contribution >= 0.6 is 11.6 Å². The Kier molecular flexibility index (Phi) is 3.75. The van der Waals surface area contributed by atoms with Gasteiger partial charge in [0.1, 0.15) is 0 Å².